The van der Waals surface area contributed by atoms with E-state index < -0.39 is 17.2 Å². The zero-order valence-corrected chi connectivity index (χ0v) is 15.3. The minimum absolute atomic E-state index is 0.0127. The smallest absolute Gasteiger partial charge is 0.270 e. The molecule has 3 rings (SSSR count). The van der Waals surface area contributed by atoms with Crippen LogP contribution in [0.3, 0.4) is 0 Å². The van der Waals surface area contributed by atoms with E-state index in [1.54, 1.807) is 31.5 Å². The number of nitrogens with zero attached hydrogens (tertiary/aromatic N) is 1. The highest BCUT2D eigenvalue weighted by atomic mass is 19.1. The van der Waals surface area contributed by atoms with Gasteiger partial charge in [-0.15, -0.1) is 0 Å². The first-order valence-corrected chi connectivity index (χ1v) is 8.88. The van der Waals surface area contributed by atoms with E-state index in [0.29, 0.717) is 24.2 Å². The predicted molar refractivity (Wildman–Crippen MR) is 98.5 cm³/mol. The molecular formula is C20H23F2N3O2. The topological polar surface area (TPSA) is 63.2 Å². The molecule has 1 aromatic heterocycles. The highest BCUT2D eigenvalue weighted by molar-refractivity contribution is 5.92. The number of amides is 1. The molecule has 1 amide bonds. The second-order valence-corrected chi connectivity index (χ2v) is 7.08. The van der Waals surface area contributed by atoms with Gasteiger partial charge in [0.25, 0.3) is 5.91 Å². The monoisotopic (exact) mass is 375 g/mol. The van der Waals surface area contributed by atoms with E-state index in [1.807, 2.05) is 6.92 Å². The van der Waals surface area contributed by atoms with Gasteiger partial charge in [0.05, 0.1) is 11.6 Å². The number of anilines is 1. The van der Waals surface area contributed by atoms with Crippen LogP contribution in [-0.2, 0) is 4.74 Å². The van der Waals surface area contributed by atoms with Crippen molar-refractivity contribution < 1.29 is 18.3 Å². The Morgan fingerprint density at radius 1 is 1.22 bits per heavy atom. The van der Waals surface area contributed by atoms with E-state index >= 15 is 0 Å². The van der Waals surface area contributed by atoms with Gasteiger partial charge in [0.1, 0.15) is 17.3 Å². The third-order valence-corrected chi connectivity index (χ3v) is 5.03. The van der Waals surface area contributed by atoms with Crippen LogP contribution in [0.2, 0.25) is 0 Å². The number of carbonyl (C=O) groups excluding carboxylic acids is 1. The van der Waals surface area contributed by atoms with Crippen LogP contribution in [0.1, 0.15) is 36.7 Å². The van der Waals surface area contributed by atoms with Crippen molar-refractivity contribution in [3.05, 3.63) is 59.9 Å². The zero-order chi connectivity index (χ0) is 19.4. The fraction of sp³-hybridized carbons (Fsp3) is 0.400. The van der Waals surface area contributed by atoms with E-state index in [4.69, 9.17) is 4.74 Å². The van der Waals surface area contributed by atoms with Gasteiger partial charge in [-0.05, 0) is 50.5 Å². The summed E-state index contributed by atoms with van der Waals surface area (Å²) >= 11 is 0. The first kappa shape index (κ1) is 19.2. The van der Waals surface area contributed by atoms with Crippen LogP contribution in [0.5, 0.6) is 0 Å². The van der Waals surface area contributed by atoms with Crippen LogP contribution in [0, 0.1) is 11.6 Å². The summed E-state index contributed by atoms with van der Waals surface area (Å²) in [5.41, 5.74) is -0.0310. The molecule has 0 bridgehead atoms. The number of hydrogen-bond donors (Lipinski definition) is 2. The lowest BCUT2D eigenvalue weighted by molar-refractivity contribution is 0.0294. The first-order valence-electron chi connectivity index (χ1n) is 8.88. The van der Waals surface area contributed by atoms with Crippen LogP contribution < -0.4 is 10.6 Å². The Labute approximate surface area is 157 Å². The molecule has 1 saturated carbocycles. The maximum atomic E-state index is 13.5. The number of nitrogens with one attached hydrogen (secondary N) is 2. The zero-order valence-electron chi connectivity index (χ0n) is 15.3. The predicted octanol–water partition coefficient (Wildman–Crippen LogP) is 3.53. The molecule has 2 aromatic rings. The largest absolute Gasteiger partial charge is 0.381 e. The number of aromatic nitrogens is 1. The van der Waals surface area contributed by atoms with E-state index in [9.17, 15) is 13.6 Å². The molecule has 0 spiro atoms. The van der Waals surface area contributed by atoms with Gasteiger partial charge in [0, 0.05) is 31.1 Å². The molecule has 1 aliphatic rings. The normalized spacial score (nSPS) is 25.0. The third-order valence-electron chi connectivity index (χ3n) is 5.03. The van der Waals surface area contributed by atoms with Crippen LogP contribution in [0.25, 0.3) is 0 Å². The van der Waals surface area contributed by atoms with Crippen molar-refractivity contribution in [1.82, 2.24) is 10.3 Å². The Hall–Kier alpha value is -2.54. The number of halogens is 2. The number of ether oxygens (including phenoxy) is 1. The summed E-state index contributed by atoms with van der Waals surface area (Å²) < 4.78 is 32.6. The molecule has 0 radical (unpaired) electrons. The lowest BCUT2D eigenvalue weighted by Crippen LogP contribution is -2.61. The Kier molecular flexibility index (Phi) is 5.70. The second-order valence-electron chi connectivity index (χ2n) is 7.08. The molecule has 3 atom stereocenters. The van der Waals surface area contributed by atoms with Gasteiger partial charge >= 0.3 is 0 Å². The third kappa shape index (κ3) is 4.60. The Morgan fingerprint density at radius 3 is 2.59 bits per heavy atom. The molecule has 1 heterocycles. The average molecular weight is 375 g/mol. The van der Waals surface area contributed by atoms with Crippen molar-refractivity contribution in [3.8, 4) is 0 Å². The van der Waals surface area contributed by atoms with Crippen LogP contribution in [0.4, 0.5) is 14.5 Å². The lowest BCUT2D eigenvalue weighted by atomic mass is 9.77. The Bertz CT molecular complexity index is 783. The number of methoxy groups -OCH3 is 1. The molecule has 27 heavy (non-hydrogen) atoms. The summed E-state index contributed by atoms with van der Waals surface area (Å²) in [4.78, 5) is 16.7. The SMILES string of the molecule is COC1CCC(Nc2cc(F)cc(F)c2)C(C)(NC(=O)c2ccccn2)C1. The van der Waals surface area contributed by atoms with Gasteiger partial charge in [-0.3, -0.25) is 9.78 Å². The van der Waals surface area contributed by atoms with Gasteiger partial charge in [-0.1, -0.05) is 6.07 Å². The number of rotatable bonds is 5. The van der Waals surface area contributed by atoms with Crippen molar-refractivity contribution in [3.63, 3.8) is 0 Å². The number of pyridine rings is 1. The van der Waals surface area contributed by atoms with Gasteiger partial charge in [0.2, 0.25) is 0 Å². The van der Waals surface area contributed by atoms with Gasteiger partial charge < -0.3 is 15.4 Å². The first-order chi connectivity index (χ1) is 12.9. The summed E-state index contributed by atoms with van der Waals surface area (Å²) in [6, 6.07) is 8.21. The highest BCUT2D eigenvalue weighted by Crippen LogP contribution is 2.33. The molecule has 2 N–H and O–H groups in total. The molecule has 1 fully saturated rings. The fourth-order valence-corrected chi connectivity index (χ4v) is 3.62. The van der Waals surface area contributed by atoms with Gasteiger partial charge in [-0.2, -0.15) is 0 Å². The minimum Gasteiger partial charge on any atom is -0.381 e. The van der Waals surface area contributed by atoms with E-state index in [1.165, 1.54) is 12.1 Å². The van der Waals surface area contributed by atoms with Crippen molar-refractivity contribution in [2.75, 3.05) is 12.4 Å². The number of carbonyl (C=O) groups is 1. The molecule has 1 aromatic carbocycles. The molecule has 1 aliphatic carbocycles. The molecule has 3 unspecified atom stereocenters. The van der Waals surface area contributed by atoms with E-state index in [0.717, 1.165) is 12.5 Å². The summed E-state index contributed by atoms with van der Waals surface area (Å²) in [7, 11) is 1.64. The minimum atomic E-state index is -0.684. The van der Waals surface area contributed by atoms with E-state index in [-0.39, 0.29) is 18.1 Å². The summed E-state index contributed by atoms with van der Waals surface area (Å²) in [6.45, 7) is 1.91. The molecule has 7 heteroatoms. The van der Waals surface area contributed by atoms with Gasteiger partial charge in [0.15, 0.2) is 0 Å². The summed E-state index contributed by atoms with van der Waals surface area (Å²) in [6.07, 6.45) is 3.57. The van der Waals surface area contributed by atoms with Crippen molar-refractivity contribution in [2.45, 2.75) is 43.9 Å². The second kappa shape index (κ2) is 8.00. The average Bonchev–Trinajstić information content (AvgIpc) is 2.63. The Morgan fingerprint density at radius 2 is 1.96 bits per heavy atom. The highest BCUT2D eigenvalue weighted by Gasteiger charge is 2.42. The summed E-state index contributed by atoms with van der Waals surface area (Å²) in [5.74, 6) is -1.60. The standard InChI is InChI=1S/C20H23F2N3O2/c1-20(25-19(26)17-5-3-4-8-23-17)12-16(27-2)6-7-18(20)24-15-10-13(21)9-14(22)11-15/h3-5,8-11,16,18,24H,6-7,12H2,1-2H3,(H,25,26). The molecule has 0 aliphatic heterocycles. The maximum absolute atomic E-state index is 13.5. The fourth-order valence-electron chi connectivity index (χ4n) is 3.62. The van der Waals surface area contributed by atoms with Crippen molar-refractivity contribution in [1.29, 1.82) is 0 Å². The molecule has 144 valence electrons. The van der Waals surface area contributed by atoms with E-state index in [2.05, 4.69) is 15.6 Å². The molecule has 0 saturated heterocycles. The molecular weight excluding hydrogens is 352 g/mol. The number of benzene rings is 1. The Balaban J connectivity index is 1.83. The molecule has 5 nitrogen and oxygen atoms in total. The lowest BCUT2D eigenvalue weighted by Gasteiger charge is -2.45. The van der Waals surface area contributed by atoms with Crippen LogP contribution >= 0.6 is 0 Å². The van der Waals surface area contributed by atoms with Crippen molar-refractivity contribution >= 4 is 11.6 Å². The quantitative estimate of drug-likeness (QED) is 0.839. The number of hydrogen-bond acceptors (Lipinski definition) is 4. The van der Waals surface area contributed by atoms with Crippen LogP contribution in [-0.4, -0.2) is 35.7 Å². The van der Waals surface area contributed by atoms with Crippen LogP contribution in [0.15, 0.2) is 42.6 Å². The maximum Gasteiger partial charge on any atom is 0.270 e. The summed E-state index contributed by atoms with van der Waals surface area (Å²) in [5, 5.41) is 6.23. The van der Waals surface area contributed by atoms with Gasteiger partial charge in [-0.25, -0.2) is 8.78 Å². The van der Waals surface area contributed by atoms with Crippen molar-refractivity contribution in [2.24, 2.45) is 0 Å².